The van der Waals surface area contributed by atoms with Gasteiger partial charge < -0.3 is 9.64 Å². The van der Waals surface area contributed by atoms with Gasteiger partial charge in [0.05, 0.1) is 18.9 Å². The number of anilines is 1. The van der Waals surface area contributed by atoms with E-state index in [2.05, 4.69) is 0 Å². The first-order chi connectivity index (χ1) is 14.0. The van der Waals surface area contributed by atoms with Crippen molar-refractivity contribution in [1.29, 1.82) is 0 Å². The van der Waals surface area contributed by atoms with Crippen LogP contribution in [0, 0.1) is 5.82 Å². The van der Waals surface area contributed by atoms with E-state index < -0.39 is 20.7 Å². The number of thioether (sulfide) groups is 1. The third kappa shape index (κ3) is 4.05. The van der Waals surface area contributed by atoms with Crippen LogP contribution in [0.5, 0.6) is 0 Å². The molecule has 2 heterocycles. The Labute approximate surface area is 173 Å². The van der Waals surface area contributed by atoms with Gasteiger partial charge in [-0.15, -0.1) is 11.8 Å². The fraction of sp³-hybridized carbons (Fsp3) is 0.350. The van der Waals surface area contributed by atoms with Crippen LogP contribution in [0.1, 0.15) is 16.8 Å². The fourth-order valence-corrected chi connectivity index (χ4v) is 5.95. The van der Waals surface area contributed by atoms with E-state index in [0.29, 0.717) is 6.54 Å². The second-order valence-electron chi connectivity index (χ2n) is 6.79. The number of carbonyl (C=O) groups is 1. The molecule has 2 aliphatic heterocycles. The number of benzene rings is 2. The van der Waals surface area contributed by atoms with Gasteiger partial charge in [0, 0.05) is 30.1 Å². The summed E-state index contributed by atoms with van der Waals surface area (Å²) >= 11 is 1.69. The van der Waals surface area contributed by atoms with E-state index in [9.17, 15) is 17.6 Å². The minimum atomic E-state index is -4.04. The van der Waals surface area contributed by atoms with Gasteiger partial charge in [-0.3, -0.25) is 4.79 Å². The topological polar surface area (TPSA) is 66.9 Å². The van der Waals surface area contributed by atoms with Crippen LogP contribution in [0.2, 0.25) is 0 Å². The van der Waals surface area contributed by atoms with Crippen molar-refractivity contribution in [3.63, 3.8) is 0 Å². The van der Waals surface area contributed by atoms with Crippen LogP contribution in [-0.4, -0.2) is 57.2 Å². The summed E-state index contributed by atoms with van der Waals surface area (Å²) in [5.41, 5.74) is 0.946. The Hall–Kier alpha value is -1.94. The molecule has 1 amide bonds. The summed E-state index contributed by atoms with van der Waals surface area (Å²) in [5.74, 6) is -0.306. The molecule has 2 aromatic carbocycles. The predicted molar refractivity (Wildman–Crippen MR) is 109 cm³/mol. The molecule has 154 valence electrons. The van der Waals surface area contributed by atoms with Crippen molar-refractivity contribution >= 4 is 33.4 Å². The number of hydrogen-bond donors (Lipinski definition) is 0. The highest BCUT2D eigenvalue weighted by atomic mass is 32.2. The molecule has 1 fully saturated rings. The molecule has 2 aromatic rings. The lowest BCUT2D eigenvalue weighted by Crippen LogP contribution is -2.41. The lowest BCUT2D eigenvalue weighted by atomic mass is 10.1. The Morgan fingerprint density at radius 2 is 1.83 bits per heavy atom. The van der Waals surface area contributed by atoms with E-state index in [1.165, 1.54) is 10.4 Å². The predicted octanol–water partition coefficient (Wildman–Crippen LogP) is 2.99. The fourth-order valence-electron chi connectivity index (χ4n) is 3.45. The van der Waals surface area contributed by atoms with E-state index in [4.69, 9.17) is 4.74 Å². The zero-order chi connectivity index (χ0) is 20.4. The second-order valence-corrected chi connectivity index (χ2v) is 9.83. The third-order valence-electron chi connectivity index (χ3n) is 4.95. The largest absolute Gasteiger partial charge is 0.379 e. The minimum absolute atomic E-state index is 0.153. The molecule has 2 aliphatic rings. The monoisotopic (exact) mass is 436 g/mol. The molecule has 1 saturated heterocycles. The van der Waals surface area contributed by atoms with Gasteiger partial charge in [0.1, 0.15) is 10.7 Å². The van der Waals surface area contributed by atoms with Crippen molar-refractivity contribution in [1.82, 2.24) is 4.31 Å². The highest BCUT2D eigenvalue weighted by Crippen LogP contribution is 2.34. The lowest BCUT2D eigenvalue weighted by molar-refractivity contribution is 0.0729. The highest BCUT2D eigenvalue weighted by molar-refractivity contribution is 7.99. The Balaban J connectivity index is 1.70. The smallest absolute Gasteiger partial charge is 0.258 e. The summed E-state index contributed by atoms with van der Waals surface area (Å²) in [6.07, 6.45) is 0.811. The summed E-state index contributed by atoms with van der Waals surface area (Å²) in [6.45, 7) is 1.38. The number of ether oxygens (including phenoxy) is 1. The number of hydrogen-bond acceptors (Lipinski definition) is 5. The van der Waals surface area contributed by atoms with Crippen molar-refractivity contribution < 1.29 is 22.3 Å². The SMILES string of the molecule is O=C(c1ccc(F)c(S(=O)(=O)N2CCOCC2)c1)N1CCCSc2ccccc21. The van der Waals surface area contributed by atoms with Crippen LogP contribution in [0.25, 0.3) is 0 Å². The molecule has 0 spiro atoms. The first-order valence-corrected chi connectivity index (χ1v) is 11.8. The van der Waals surface area contributed by atoms with Gasteiger partial charge in [-0.05, 0) is 42.5 Å². The summed E-state index contributed by atoms with van der Waals surface area (Å²) in [6, 6.07) is 11.2. The van der Waals surface area contributed by atoms with Gasteiger partial charge in [0.25, 0.3) is 5.91 Å². The van der Waals surface area contributed by atoms with E-state index in [0.717, 1.165) is 34.9 Å². The molecule has 29 heavy (non-hydrogen) atoms. The Morgan fingerprint density at radius 1 is 1.07 bits per heavy atom. The quantitative estimate of drug-likeness (QED) is 0.740. The Bertz CT molecular complexity index is 1020. The van der Waals surface area contributed by atoms with Crippen molar-refractivity contribution in [2.24, 2.45) is 0 Å². The molecule has 0 bridgehead atoms. The molecule has 0 aromatic heterocycles. The van der Waals surface area contributed by atoms with Crippen LogP contribution >= 0.6 is 11.8 Å². The molecule has 4 rings (SSSR count). The number of nitrogens with zero attached hydrogens (tertiary/aromatic N) is 2. The van der Waals surface area contributed by atoms with E-state index in [1.54, 1.807) is 16.7 Å². The lowest BCUT2D eigenvalue weighted by Gasteiger charge is -2.26. The average Bonchev–Trinajstić information content (AvgIpc) is 2.96. The summed E-state index contributed by atoms with van der Waals surface area (Å²) in [5, 5.41) is 0. The number of para-hydroxylation sites is 1. The maximum Gasteiger partial charge on any atom is 0.258 e. The first-order valence-electron chi connectivity index (χ1n) is 9.39. The number of amides is 1. The standard InChI is InChI=1S/C20H21FN2O4S2/c21-16-7-6-15(14-19(16)29(25,26)22-9-11-27-12-10-22)20(24)23-8-3-13-28-18-5-2-1-4-17(18)23/h1-2,4-7,14H,3,8-13H2. The molecule has 9 heteroatoms. The Morgan fingerprint density at radius 3 is 2.62 bits per heavy atom. The van der Waals surface area contributed by atoms with Crippen LogP contribution in [0.4, 0.5) is 10.1 Å². The maximum atomic E-state index is 14.5. The Kier molecular flexibility index (Phi) is 5.91. The number of morpholine rings is 1. The average molecular weight is 437 g/mol. The number of sulfonamides is 1. The van der Waals surface area contributed by atoms with Gasteiger partial charge in [-0.25, -0.2) is 12.8 Å². The molecule has 0 atom stereocenters. The maximum absolute atomic E-state index is 14.5. The first kappa shape index (κ1) is 20.3. The number of fused-ring (bicyclic) bond motifs is 1. The third-order valence-corrected chi connectivity index (χ3v) is 8.01. The van der Waals surface area contributed by atoms with Crippen molar-refractivity contribution in [2.75, 3.05) is 43.5 Å². The van der Waals surface area contributed by atoms with Crippen LogP contribution < -0.4 is 4.90 Å². The van der Waals surface area contributed by atoms with Crippen LogP contribution in [0.15, 0.2) is 52.3 Å². The molecule has 0 N–H and O–H groups in total. The molecule has 0 saturated carbocycles. The summed E-state index contributed by atoms with van der Waals surface area (Å²) in [4.78, 5) is 15.4. The van der Waals surface area contributed by atoms with Crippen LogP contribution in [0.3, 0.4) is 0 Å². The molecular weight excluding hydrogens is 415 g/mol. The van der Waals surface area contributed by atoms with Gasteiger partial charge in [0.15, 0.2) is 0 Å². The number of halogens is 1. The molecule has 0 unspecified atom stereocenters. The molecule has 0 radical (unpaired) electrons. The van der Waals surface area contributed by atoms with E-state index >= 15 is 0 Å². The van der Waals surface area contributed by atoms with E-state index in [-0.39, 0.29) is 37.8 Å². The van der Waals surface area contributed by atoms with Gasteiger partial charge in [0.2, 0.25) is 10.0 Å². The van der Waals surface area contributed by atoms with Crippen molar-refractivity contribution in [3.05, 3.63) is 53.8 Å². The summed E-state index contributed by atoms with van der Waals surface area (Å²) < 4.78 is 46.7. The molecule has 0 aliphatic carbocycles. The number of carbonyl (C=O) groups excluding carboxylic acids is 1. The summed E-state index contributed by atoms with van der Waals surface area (Å²) in [7, 11) is -4.04. The van der Waals surface area contributed by atoms with Crippen molar-refractivity contribution in [3.8, 4) is 0 Å². The van der Waals surface area contributed by atoms with Gasteiger partial charge in [-0.1, -0.05) is 12.1 Å². The van der Waals surface area contributed by atoms with Crippen LogP contribution in [-0.2, 0) is 14.8 Å². The minimum Gasteiger partial charge on any atom is -0.379 e. The van der Waals surface area contributed by atoms with Crippen molar-refractivity contribution in [2.45, 2.75) is 16.2 Å². The number of rotatable bonds is 3. The molecular formula is C20H21FN2O4S2. The zero-order valence-electron chi connectivity index (χ0n) is 15.7. The van der Waals surface area contributed by atoms with E-state index in [1.807, 2.05) is 24.3 Å². The normalized spacial score (nSPS) is 18.2. The van der Waals surface area contributed by atoms with Gasteiger partial charge >= 0.3 is 0 Å². The second kappa shape index (κ2) is 8.43. The van der Waals surface area contributed by atoms with Gasteiger partial charge in [-0.2, -0.15) is 4.31 Å². The zero-order valence-corrected chi connectivity index (χ0v) is 17.3. The molecule has 6 nitrogen and oxygen atoms in total. The highest BCUT2D eigenvalue weighted by Gasteiger charge is 2.31.